The monoisotopic (exact) mass is 390 g/mol. The fourth-order valence-electron chi connectivity index (χ4n) is 3.18. The molecule has 0 amide bonds. The first-order valence-corrected chi connectivity index (χ1v) is 9.59. The Bertz CT molecular complexity index is 1480. The highest BCUT2D eigenvalue weighted by Crippen LogP contribution is 2.26. The lowest BCUT2D eigenvalue weighted by molar-refractivity contribution is 0.660. The van der Waals surface area contributed by atoms with E-state index >= 15 is 0 Å². The molecule has 0 saturated heterocycles. The van der Waals surface area contributed by atoms with Crippen molar-refractivity contribution in [3.8, 4) is 0 Å². The van der Waals surface area contributed by atoms with E-state index in [9.17, 15) is 9.59 Å². The highest BCUT2D eigenvalue weighted by Gasteiger charge is 2.14. The molecule has 3 aromatic heterocycles. The quantitative estimate of drug-likeness (QED) is 0.376. The van der Waals surface area contributed by atoms with Crippen molar-refractivity contribution in [2.75, 3.05) is 0 Å². The number of nitrogens with zero attached hydrogens (tertiary/aromatic N) is 3. The number of H-pyrrole nitrogens is 1. The minimum atomic E-state index is -0.322. The highest BCUT2D eigenvalue weighted by atomic mass is 32.2. The summed E-state index contributed by atoms with van der Waals surface area (Å²) in [4.78, 5) is 36.8. The van der Waals surface area contributed by atoms with Crippen LogP contribution in [0.5, 0.6) is 0 Å². The lowest BCUT2D eigenvalue weighted by Gasteiger charge is -2.08. The second-order valence-electron chi connectivity index (χ2n) is 6.35. The molecule has 0 radical (unpaired) electrons. The van der Waals surface area contributed by atoms with Gasteiger partial charge in [-0.1, -0.05) is 36.0 Å². The summed E-state index contributed by atoms with van der Waals surface area (Å²) < 4.78 is 7.12. The van der Waals surface area contributed by atoms with Crippen LogP contribution in [-0.4, -0.2) is 19.5 Å². The Labute approximate surface area is 162 Å². The maximum atomic E-state index is 12.5. The molecule has 0 spiro atoms. The minimum absolute atomic E-state index is 0.106. The van der Waals surface area contributed by atoms with E-state index in [-0.39, 0.29) is 16.7 Å². The fourth-order valence-corrected chi connectivity index (χ4v) is 4.02. The fraction of sp³-hybridized carbons (Fsp3) is 0.100. The molecule has 3 heterocycles. The molecule has 0 atom stereocenters. The van der Waals surface area contributed by atoms with Crippen molar-refractivity contribution in [1.82, 2.24) is 19.5 Å². The largest absolute Gasteiger partial charge is 0.449 e. The number of thioether (sulfide) groups is 1. The first kappa shape index (κ1) is 16.8. The molecule has 0 aliphatic heterocycles. The maximum Gasteiger partial charge on any atom is 0.294 e. The van der Waals surface area contributed by atoms with E-state index in [4.69, 9.17) is 4.42 Å². The summed E-state index contributed by atoms with van der Waals surface area (Å²) in [5.41, 5.74) is 1.59. The van der Waals surface area contributed by atoms with Gasteiger partial charge >= 0.3 is 0 Å². The molecule has 0 unspecified atom stereocenters. The Morgan fingerprint density at radius 2 is 1.79 bits per heavy atom. The van der Waals surface area contributed by atoms with Crippen LogP contribution < -0.4 is 11.1 Å². The number of nitrogens with one attached hydrogen (secondary N) is 1. The number of fused-ring (bicyclic) bond motifs is 4. The van der Waals surface area contributed by atoms with E-state index in [1.54, 1.807) is 19.2 Å². The molecular formula is C20H14N4O3S. The normalized spacial score (nSPS) is 11.6. The van der Waals surface area contributed by atoms with Crippen LogP contribution in [-0.2, 0) is 12.8 Å². The van der Waals surface area contributed by atoms with Crippen LogP contribution in [0.3, 0.4) is 0 Å². The predicted molar refractivity (Wildman–Crippen MR) is 109 cm³/mol. The molecular weight excluding hydrogens is 376 g/mol. The molecule has 8 heteroatoms. The standard InChI is InChI=1S/C20H14N4O3S/c1-24-19(26)11-6-2-4-8-13(11)21-20(24)28-10-15-22-16-12-7-3-5-9-14(12)27-17(16)18(25)23-15/h2-9H,10H2,1H3,(H,22,23,25). The van der Waals surface area contributed by atoms with Crippen molar-refractivity contribution in [1.29, 1.82) is 0 Å². The number of benzene rings is 2. The van der Waals surface area contributed by atoms with Crippen molar-refractivity contribution >= 4 is 44.7 Å². The summed E-state index contributed by atoms with van der Waals surface area (Å²) in [5.74, 6) is 0.861. The van der Waals surface area contributed by atoms with Gasteiger partial charge in [0.2, 0.25) is 5.58 Å². The van der Waals surface area contributed by atoms with E-state index in [1.165, 1.54) is 16.3 Å². The van der Waals surface area contributed by atoms with E-state index in [0.29, 0.717) is 38.7 Å². The SMILES string of the molecule is Cn1c(SCc2nc3c(oc4ccccc43)c(=O)[nH]2)nc2ccccc2c1=O. The molecule has 0 aliphatic carbocycles. The number of rotatable bonds is 3. The Balaban J connectivity index is 1.55. The Morgan fingerprint density at radius 3 is 2.64 bits per heavy atom. The number of para-hydroxylation sites is 2. The molecule has 7 nitrogen and oxygen atoms in total. The molecule has 0 saturated carbocycles. The lowest BCUT2D eigenvalue weighted by atomic mass is 10.2. The summed E-state index contributed by atoms with van der Waals surface area (Å²) >= 11 is 1.34. The zero-order valence-corrected chi connectivity index (χ0v) is 15.6. The number of aromatic nitrogens is 4. The third kappa shape index (κ3) is 2.61. The molecule has 5 rings (SSSR count). The average Bonchev–Trinajstić information content (AvgIpc) is 3.09. The first-order valence-electron chi connectivity index (χ1n) is 8.61. The Hall–Kier alpha value is -3.39. The van der Waals surface area contributed by atoms with Crippen LogP contribution in [0.4, 0.5) is 0 Å². The predicted octanol–water partition coefficient (Wildman–Crippen LogP) is 3.21. The van der Waals surface area contributed by atoms with E-state index in [0.717, 1.165) is 5.39 Å². The highest BCUT2D eigenvalue weighted by molar-refractivity contribution is 7.98. The van der Waals surface area contributed by atoms with Crippen molar-refractivity contribution < 1.29 is 4.42 Å². The van der Waals surface area contributed by atoms with E-state index < -0.39 is 0 Å². The molecule has 0 bridgehead atoms. The van der Waals surface area contributed by atoms with Gasteiger partial charge in [0.25, 0.3) is 11.1 Å². The van der Waals surface area contributed by atoms with Gasteiger partial charge in [-0.15, -0.1) is 0 Å². The van der Waals surface area contributed by atoms with Crippen LogP contribution in [0.1, 0.15) is 5.82 Å². The van der Waals surface area contributed by atoms with Gasteiger partial charge in [-0.2, -0.15) is 0 Å². The second kappa shape index (κ2) is 6.35. The van der Waals surface area contributed by atoms with Crippen LogP contribution in [0, 0.1) is 0 Å². The van der Waals surface area contributed by atoms with Crippen molar-refractivity contribution in [2.24, 2.45) is 7.05 Å². The summed E-state index contributed by atoms with van der Waals surface area (Å²) in [6, 6.07) is 14.6. The van der Waals surface area contributed by atoms with Gasteiger partial charge in [0.15, 0.2) is 5.16 Å². The summed E-state index contributed by atoms with van der Waals surface area (Å²) in [6.45, 7) is 0. The molecule has 138 valence electrons. The number of hydrogen-bond acceptors (Lipinski definition) is 6. The third-order valence-electron chi connectivity index (χ3n) is 4.56. The van der Waals surface area contributed by atoms with Gasteiger partial charge in [0, 0.05) is 12.4 Å². The third-order valence-corrected chi connectivity index (χ3v) is 5.60. The molecule has 28 heavy (non-hydrogen) atoms. The van der Waals surface area contributed by atoms with E-state index in [2.05, 4.69) is 15.0 Å². The maximum absolute atomic E-state index is 12.5. The van der Waals surface area contributed by atoms with Gasteiger partial charge < -0.3 is 9.40 Å². The Morgan fingerprint density at radius 1 is 1.04 bits per heavy atom. The molecule has 0 fully saturated rings. The van der Waals surface area contributed by atoms with Crippen LogP contribution >= 0.6 is 11.8 Å². The minimum Gasteiger partial charge on any atom is -0.449 e. The average molecular weight is 390 g/mol. The number of aromatic amines is 1. The summed E-state index contributed by atoms with van der Waals surface area (Å²) in [6.07, 6.45) is 0. The van der Waals surface area contributed by atoms with Crippen molar-refractivity contribution in [3.63, 3.8) is 0 Å². The van der Waals surface area contributed by atoms with Crippen LogP contribution in [0.15, 0.2) is 67.7 Å². The molecule has 5 aromatic rings. The molecule has 2 aromatic carbocycles. The van der Waals surface area contributed by atoms with E-state index in [1.807, 2.05) is 36.4 Å². The number of furan rings is 1. The molecule has 0 aliphatic rings. The van der Waals surface area contributed by atoms with Gasteiger partial charge in [-0.25, -0.2) is 9.97 Å². The van der Waals surface area contributed by atoms with Crippen LogP contribution in [0.2, 0.25) is 0 Å². The summed E-state index contributed by atoms with van der Waals surface area (Å²) in [7, 11) is 1.69. The van der Waals surface area contributed by atoms with Crippen molar-refractivity contribution in [3.05, 3.63) is 75.1 Å². The van der Waals surface area contributed by atoms with Gasteiger partial charge in [-0.05, 0) is 24.3 Å². The smallest absolute Gasteiger partial charge is 0.294 e. The topological polar surface area (TPSA) is 93.8 Å². The first-order chi connectivity index (χ1) is 13.6. The Kier molecular flexibility index (Phi) is 3.80. The van der Waals surface area contributed by atoms with Crippen LogP contribution in [0.25, 0.3) is 33.0 Å². The van der Waals surface area contributed by atoms with Gasteiger partial charge in [0.05, 0.1) is 16.7 Å². The zero-order valence-electron chi connectivity index (χ0n) is 14.8. The summed E-state index contributed by atoms with van der Waals surface area (Å²) in [5, 5.41) is 1.93. The number of hydrogen-bond donors (Lipinski definition) is 1. The van der Waals surface area contributed by atoms with Gasteiger partial charge in [0.1, 0.15) is 16.9 Å². The molecule has 1 N–H and O–H groups in total. The second-order valence-corrected chi connectivity index (χ2v) is 7.30. The zero-order chi connectivity index (χ0) is 19.3. The van der Waals surface area contributed by atoms with Crippen molar-refractivity contribution in [2.45, 2.75) is 10.9 Å². The van der Waals surface area contributed by atoms with Gasteiger partial charge in [-0.3, -0.25) is 14.2 Å². The lowest BCUT2D eigenvalue weighted by Crippen LogP contribution is -2.20.